The summed E-state index contributed by atoms with van der Waals surface area (Å²) in [6.07, 6.45) is 1.85. The minimum Gasteiger partial charge on any atom is -0.337 e. The van der Waals surface area contributed by atoms with Crippen LogP contribution in [0.5, 0.6) is 0 Å². The van der Waals surface area contributed by atoms with E-state index in [2.05, 4.69) is 31.0 Å². The highest BCUT2D eigenvalue weighted by molar-refractivity contribution is 9.10. The molecule has 1 saturated heterocycles. The number of nitrogens with zero attached hydrogens (tertiary/aromatic N) is 4. The van der Waals surface area contributed by atoms with Crippen LogP contribution in [0.15, 0.2) is 82.3 Å². The molecule has 1 aromatic heterocycles. The number of hydrogen-bond donors (Lipinski definition) is 1. The molecule has 1 aliphatic rings. The third kappa shape index (κ3) is 5.44. The van der Waals surface area contributed by atoms with Gasteiger partial charge in [-0.3, -0.25) is 9.52 Å². The second-order valence-electron chi connectivity index (χ2n) is 9.79. The summed E-state index contributed by atoms with van der Waals surface area (Å²) in [5.41, 5.74) is 1.95. The second-order valence-corrected chi connectivity index (χ2v) is 12.3. The average Bonchev–Trinajstić information content (AvgIpc) is 3.39. The Hall–Kier alpha value is -3.64. The molecule has 1 aliphatic heterocycles. The number of aromatic nitrogens is 3. The van der Waals surface area contributed by atoms with Gasteiger partial charge in [-0.15, -0.1) is 5.10 Å². The Labute approximate surface area is 232 Å². The molecule has 1 atom stereocenters. The van der Waals surface area contributed by atoms with Gasteiger partial charge in [0, 0.05) is 36.0 Å². The summed E-state index contributed by atoms with van der Waals surface area (Å²) in [4.78, 5) is 14.7. The minimum absolute atomic E-state index is 0.0687. The first-order valence-corrected chi connectivity index (χ1v) is 14.3. The molecule has 12 heteroatoms. The van der Waals surface area contributed by atoms with Crippen LogP contribution >= 0.6 is 15.9 Å². The smallest absolute Gasteiger partial charge is 0.261 e. The highest BCUT2D eigenvalue weighted by atomic mass is 79.9. The van der Waals surface area contributed by atoms with E-state index in [-0.39, 0.29) is 33.8 Å². The third-order valence-corrected chi connectivity index (χ3v) is 8.83. The van der Waals surface area contributed by atoms with Gasteiger partial charge in [0.1, 0.15) is 11.6 Å². The maximum Gasteiger partial charge on any atom is 0.261 e. The quantitative estimate of drug-likeness (QED) is 0.310. The van der Waals surface area contributed by atoms with Gasteiger partial charge < -0.3 is 4.90 Å². The lowest BCUT2D eigenvalue weighted by Crippen LogP contribution is -2.59. The Morgan fingerprint density at radius 3 is 2.36 bits per heavy atom. The molecule has 5 rings (SSSR count). The van der Waals surface area contributed by atoms with Crippen LogP contribution in [0.2, 0.25) is 0 Å². The van der Waals surface area contributed by atoms with Crippen molar-refractivity contribution in [3.05, 3.63) is 106 Å². The van der Waals surface area contributed by atoms with Gasteiger partial charge in [0.2, 0.25) is 0 Å². The van der Waals surface area contributed by atoms with E-state index < -0.39 is 15.8 Å². The number of sulfonamides is 1. The van der Waals surface area contributed by atoms with E-state index in [0.29, 0.717) is 23.1 Å². The van der Waals surface area contributed by atoms with Crippen molar-refractivity contribution in [2.75, 3.05) is 17.8 Å². The zero-order valence-electron chi connectivity index (χ0n) is 21.0. The van der Waals surface area contributed by atoms with Gasteiger partial charge in [-0.05, 0) is 89.1 Å². The number of amides is 1. The second kappa shape index (κ2) is 10.2. The highest BCUT2D eigenvalue weighted by Crippen LogP contribution is 2.35. The van der Waals surface area contributed by atoms with Crippen LogP contribution in [0, 0.1) is 11.6 Å². The SMILES string of the molecule is C[C@H](c1ccc(F)c(Br)c1)n1cc(C2(C)CN(C(=O)c3ccc(NS(=O)(=O)c4ccc(F)cc4)cc3)C2)nn1. The molecule has 4 aromatic rings. The monoisotopic (exact) mass is 615 g/mol. The lowest BCUT2D eigenvalue weighted by Gasteiger charge is -2.46. The lowest BCUT2D eigenvalue weighted by atomic mass is 9.79. The molecular weight excluding hydrogens is 592 g/mol. The van der Waals surface area contributed by atoms with Gasteiger partial charge >= 0.3 is 0 Å². The van der Waals surface area contributed by atoms with Crippen molar-refractivity contribution in [2.45, 2.75) is 30.2 Å². The molecule has 0 unspecified atom stereocenters. The fourth-order valence-corrected chi connectivity index (χ4v) is 5.92. The van der Waals surface area contributed by atoms with E-state index in [9.17, 15) is 22.0 Å². The average molecular weight is 616 g/mol. The Balaban J connectivity index is 1.21. The molecule has 0 radical (unpaired) electrons. The fourth-order valence-electron chi connectivity index (χ4n) is 4.46. The van der Waals surface area contributed by atoms with Crippen molar-refractivity contribution in [3.8, 4) is 0 Å². The first-order valence-electron chi connectivity index (χ1n) is 12.0. The fraction of sp³-hybridized carbons (Fsp3) is 0.222. The summed E-state index contributed by atoms with van der Waals surface area (Å²) in [6, 6.07) is 15.3. The van der Waals surface area contributed by atoms with Gasteiger partial charge in [0.15, 0.2) is 0 Å². The maximum atomic E-state index is 13.6. The normalized spacial score (nSPS) is 15.5. The predicted octanol–water partition coefficient (Wildman–Crippen LogP) is 5.14. The van der Waals surface area contributed by atoms with Gasteiger partial charge in [-0.2, -0.15) is 0 Å². The standard InChI is InChI=1S/C27H24BrF2N5O3S/c1-17(19-5-12-24(30)23(28)13-19)35-14-25(31-33-35)27(2)15-34(16-27)26(36)18-3-8-21(9-4-18)32-39(37,38)22-10-6-20(29)7-11-22/h3-14,17,32H,15-16H2,1-2H3/t17-/m1/s1. The molecule has 0 spiro atoms. The lowest BCUT2D eigenvalue weighted by molar-refractivity contribution is 0.0423. The van der Waals surface area contributed by atoms with E-state index in [0.717, 1.165) is 23.4 Å². The summed E-state index contributed by atoms with van der Waals surface area (Å²) in [7, 11) is -3.89. The number of rotatable bonds is 7. The van der Waals surface area contributed by atoms with Crippen LogP contribution in [0.1, 0.15) is 41.5 Å². The van der Waals surface area contributed by atoms with Gasteiger partial charge in [0.25, 0.3) is 15.9 Å². The van der Waals surface area contributed by atoms with E-state index in [4.69, 9.17) is 0 Å². The van der Waals surface area contributed by atoms with Crippen molar-refractivity contribution < 1.29 is 22.0 Å². The molecule has 2 heterocycles. The highest BCUT2D eigenvalue weighted by Gasteiger charge is 2.45. The van der Waals surface area contributed by atoms with E-state index in [1.54, 1.807) is 33.8 Å². The minimum atomic E-state index is -3.89. The summed E-state index contributed by atoms with van der Waals surface area (Å²) in [5.74, 6) is -1.05. The molecule has 1 fully saturated rings. The zero-order valence-corrected chi connectivity index (χ0v) is 23.4. The molecule has 1 N–H and O–H groups in total. The topological polar surface area (TPSA) is 97.2 Å². The molecular formula is C27H24BrF2N5O3S. The van der Waals surface area contributed by atoms with Crippen LogP contribution in [0.3, 0.4) is 0 Å². The Morgan fingerprint density at radius 1 is 1.05 bits per heavy atom. The Kier molecular flexibility index (Phi) is 7.02. The number of benzene rings is 3. The molecule has 0 aliphatic carbocycles. The zero-order chi connectivity index (χ0) is 27.9. The third-order valence-electron chi connectivity index (χ3n) is 6.83. The molecule has 8 nitrogen and oxygen atoms in total. The van der Waals surface area contributed by atoms with Gasteiger partial charge in [0.05, 0.1) is 21.1 Å². The molecule has 0 bridgehead atoms. The number of nitrogens with one attached hydrogen (secondary N) is 1. The number of hydrogen-bond acceptors (Lipinski definition) is 5. The predicted molar refractivity (Wildman–Crippen MR) is 145 cm³/mol. The van der Waals surface area contributed by atoms with Crippen LogP contribution in [-0.2, 0) is 15.4 Å². The Bertz CT molecular complexity index is 1640. The van der Waals surface area contributed by atoms with Crippen molar-refractivity contribution >= 4 is 37.5 Å². The first-order chi connectivity index (χ1) is 18.4. The van der Waals surface area contributed by atoms with E-state index in [1.165, 1.54) is 30.3 Å². The number of anilines is 1. The summed E-state index contributed by atoms with van der Waals surface area (Å²) < 4.78 is 56.3. The van der Waals surface area contributed by atoms with E-state index >= 15 is 0 Å². The number of halogens is 3. The van der Waals surface area contributed by atoms with Crippen molar-refractivity contribution in [2.24, 2.45) is 0 Å². The van der Waals surface area contributed by atoms with Crippen molar-refractivity contribution in [1.29, 1.82) is 0 Å². The van der Waals surface area contributed by atoms with Crippen LogP contribution < -0.4 is 4.72 Å². The summed E-state index contributed by atoms with van der Waals surface area (Å²) in [5, 5.41) is 8.61. The largest absolute Gasteiger partial charge is 0.337 e. The van der Waals surface area contributed by atoms with Gasteiger partial charge in [-0.1, -0.05) is 18.2 Å². The van der Waals surface area contributed by atoms with Gasteiger partial charge in [-0.25, -0.2) is 21.9 Å². The maximum absolute atomic E-state index is 13.6. The Morgan fingerprint density at radius 2 is 1.72 bits per heavy atom. The number of carbonyl (C=O) groups excluding carboxylic acids is 1. The van der Waals surface area contributed by atoms with Crippen LogP contribution in [0.25, 0.3) is 0 Å². The molecule has 0 saturated carbocycles. The van der Waals surface area contributed by atoms with Crippen LogP contribution in [0.4, 0.5) is 14.5 Å². The molecule has 39 heavy (non-hydrogen) atoms. The molecule has 1 amide bonds. The first kappa shape index (κ1) is 26.9. The van der Waals surface area contributed by atoms with Crippen molar-refractivity contribution in [1.82, 2.24) is 19.9 Å². The number of carbonyl (C=O) groups is 1. The van der Waals surface area contributed by atoms with E-state index in [1.807, 2.05) is 20.0 Å². The summed E-state index contributed by atoms with van der Waals surface area (Å²) >= 11 is 3.21. The molecule has 3 aromatic carbocycles. The summed E-state index contributed by atoms with van der Waals surface area (Å²) in [6.45, 7) is 4.85. The number of likely N-dealkylation sites (tertiary alicyclic amines) is 1. The van der Waals surface area contributed by atoms with Crippen LogP contribution in [-0.4, -0.2) is 47.3 Å². The van der Waals surface area contributed by atoms with Crippen molar-refractivity contribution in [3.63, 3.8) is 0 Å². The molecule has 202 valence electrons.